The molecule has 0 spiro atoms. The van der Waals surface area contributed by atoms with Crippen molar-refractivity contribution in [3.05, 3.63) is 32.4 Å². The van der Waals surface area contributed by atoms with Crippen LogP contribution in [0.1, 0.15) is 41.8 Å². The number of hydrogen-bond acceptors (Lipinski definition) is 7. The van der Waals surface area contributed by atoms with Crippen molar-refractivity contribution < 1.29 is 37.0 Å². The normalized spacial score (nSPS) is 11.3. The van der Waals surface area contributed by atoms with Crippen LogP contribution in [0.3, 0.4) is 0 Å². The number of thiophene rings is 1. The first-order valence-electron chi connectivity index (χ1n) is 7.35. The van der Waals surface area contributed by atoms with Gasteiger partial charge in [-0.05, 0) is 12.5 Å². The summed E-state index contributed by atoms with van der Waals surface area (Å²) in [6.07, 6.45) is -4.86. The van der Waals surface area contributed by atoms with Gasteiger partial charge in [-0.3, -0.25) is 9.48 Å². The average Bonchev–Trinajstić information content (AvgIpc) is 3.09. The van der Waals surface area contributed by atoms with E-state index in [-0.39, 0.29) is 21.0 Å². The van der Waals surface area contributed by atoms with E-state index < -0.39 is 40.4 Å². The Balaban J connectivity index is 2.52. The fraction of sp³-hybridized carbons (Fsp3) is 0.333. The van der Waals surface area contributed by atoms with Crippen molar-refractivity contribution in [3.63, 3.8) is 0 Å². The number of aryl methyl sites for hydroxylation is 1. The summed E-state index contributed by atoms with van der Waals surface area (Å²) in [4.78, 5) is 36.5. The summed E-state index contributed by atoms with van der Waals surface area (Å²) in [6.45, 7) is 1.43. The SMILES string of the molecule is COC(=O)c1sc(NC(=O)c2c(Cl)c(C(F)(F)F)nn2C)c(C(=O)OC)c1C. The number of ether oxygens (including phenoxy) is 2. The Morgan fingerprint density at radius 3 is 2.21 bits per heavy atom. The number of amides is 1. The Hall–Kier alpha value is -2.60. The van der Waals surface area contributed by atoms with Gasteiger partial charge in [-0.2, -0.15) is 18.3 Å². The zero-order valence-electron chi connectivity index (χ0n) is 14.9. The van der Waals surface area contributed by atoms with E-state index >= 15 is 0 Å². The Labute approximate surface area is 165 Å². The topological polar surface area (TPSA) is 99.5 Å². The average molecular weight is 440 g/mol. The summed E-state index contributed by atoms with van der Waals surface area (Å²) in [6, 6.07) is 0. The van der Waals surface area contributed by atoms with E-state index in [4.69, 9.17) is 11.6 Å². The molecule has 0 unspecified atom stereocenters. The molecule has 0 bridgehead atoms. The van der Waals surface area contributed by atoms with Gasteiger partial charge in [0.2, 0.25) is 0 Å². The lowest BCUT2D eigenvalue weighted by Crippen LogP contribution is -2.18. The highest BCUT2D eigenvalue weighted by molar-refractivity contribution is 7.18. The minimum Gasteiger partial charge on any atom is -0.465 e. The van der Waals surface area contributed by atoms with Crippen molar-refractivity contribution in [2.24, 2.45) is 7.05 Å². The van der Waals surface area contributed by atoms with Crippen LogP contribution in [0.25, 0.3) is 0 Å². The van der Waals surface area contributed by atoms with Gasteiger partial charge in [0.15, 0.2) is 5.69 Å². The summed E-state index contributed by atoms with van der Waals surface area (Å²) >= 11 is 6.40. The maximum absolute atomic E-state index is 12.9. The number of aromatic nitrogens is 2. The van der Waals surface area contributed by atoms with Crippen molar-refractivity contribution >= 4 is 45.8 Å². The Morgan fingerprint density at radius 2 is 1.75 bits per heavy atom. The molecule has 13 heteroatoms. The van der Waals surface area contributed by atoms with E-state index in [1.807, 2.05) is 0 Å². The van der Waals surface area contributed by atoms with Crippen LogP contribution in [0.2, 0.25) is 5.02 Å². The number of nitrogens with zero attached hydrogens (tertiary/aromatic N) is 2. The van der Waals surface area contributed by atoms with Crippen molar-refractivity contribution in [1.82, 2.24) is 9.78 Å². The molecule has 0 aromatic carbocycles. The van der Waals surface area contributed by atoms with Crippen molar-refractivity contribution in [2.45, 2.75) is 13.1 Å². The van der Waals surface area contributed by atoms with Crippen LogP contribution in [-0.4, -0.2) is 41.8 Å². The number of hydrogen-bond donors (Lipinski definition) is 1. The van der Waals surface area contributed by atoms with Crippen LogP contribution in [0.4, 0.5) is 18.2 Å². The molecule has 1 N–H and O–H groups in total. The lowest BCUT2D eigenvalue weighted by atomic mass is 10.1. The molecule has 0 atom stereocenters. The third-order valence-electron chi connectivity index (χ3n) is 3.61. The molecule has 0 saturated heterocycles. The molecule has 0 aliphatic heterocycles. The lowest BCUT2D eigenvalue weighted by Gasteiger charge is -2.07. The van der Waals surface area contributed by atoms with E-state index in [0.29, 0.717) is 16.0 Å². The number of esters is 2. The number of carbonyl (C=O) groups excluding carboxylic acids is 3. The second-order valence-electron chi connectivity index (χ2n) is 5.33. The molecule has 2 rings (SSSR count). The van der Waals surface area contributed by atoms with Crippen LogP contribution in [-0.2, 0) is 22.7 Å². The van der Waals surface area contributed by atoms with Gasteiger partial charge in [-0.25, -0.2) is 9.59 Å². The number of methoxy groups -OCH3 is 2. The number of alkyl halides is 3. The highest BCUT2D eigenvalue weighted by Crippen LogP contribution is 2.37. The molecule has 28 heavy (non-hydrogen) atoms. The largest absolute Gasteiger partial charge is 0.465 e. The fourth-order valence-electron chi connectivity index (χ4n) is 2.32. The molecule has 0 aliphatic rings. The number of nitrogens with one attached hydrogen (secondary N) is 1. The summed E-state index contributed by atoms with van der Waals surface area (Å²) in [5.74, 6) is -2.67. The molecule has 2 aromatic rings. The quantitative estimate of drug-likeness (QED) is 0.734. The Kier molecular flexibility index (Phi) is 6.04. The summed E-state index contributed by atoms with van der Waals surface area (Å²) < 4.78 is 48.7. The van der Waals surface area contributed by atoms with Crippen LogP contribution < -0.4 is 5.32 Å². The first kappa shape index (κ1) is 21.7. The van der Waals surface area contributed by atoms with E-state index in [0.717, 1.165) is 21.3 Å². The molecule has 0 fully saturated rings. The zero-order valence-corrected chi connectivity index (χ0v) is 16.4. The molecular weight excluding hydrogens is 427 g/mol. The second kappa shape index (κ2) is 7.80. The lowest BCUT2D eigenvalue weighted by molar-refractivity contribution is -0.141. The van der Waals surface area contributed by atoms with Crippen LogP contribution in [0, 0.1) is 6.92 Å². The molecule has 8 nitrogen and oxygen atoms in total. The van der Waals surface area contributed by atoms with Gasteiger partial charge in [0.1, 0.15) is 20.6 Å². The molecule has 152 valence electrons. The molecule has 0 saturated carbocycles. The number of rotatable bonds is 4. The molecule has 1 amide bonds. The minimum atomic E-state index is -4.86. The fourth-order valence-corrected chi connectivity index (χ4v) is 3.79. The van der Waals surface area contributed by atoms with Crippen LogP contribution in [0.5, 0.6) is 0 Å². The number of anilines is 1. The Morgan fingerprint density at radius 1 is 1.18 bits per heavy atom. The van der Waals surface area contributed by atoms with Gasteiger partial charge in [0.25, 0.3) is 5.91 Å². The van der Waals surface area contributed by atoms with E-state index in [2.05, 4.69) is 19.9 Å². The van der Waals surface area contributed by atoms with Gasteiger partial charge in [0.05, 0.1) is 19.8 Å². The van der Waals surface area contributed by atoms with Gasteiger partial charge in [-0.15, -0.1) is 11.3 Å². The summed E-state index contributed by atoms with van der Waals surface area (Å²) in [7, 11) is 3.33. The molecular formula is C15H13ClF3N3O5S. The standard InChI is InChI=1S/C15H13ClF3N3O5S/c1-5-6(13(24)26-3)12(28-9(5)14(25)27-4)20-11(23)8-7(16)10(15(17,18)19)21-22(8)2/h1-4H3,(H,20,23). The molecule has 2 heterocycles. The van der Waals surface area contributed by atoms with Crippen LogP contribution >= 0.6 is 22.9 Å². The van der Waals surface area contributed by atoms with Gasteiger partial charge >= 0.3 is 18.1 Å². The Bertz CT molecular complexity index is 967. The van der Waals surface area contributed by atoms with E-state index in [9.17, 15) is 27.6 Å². The third-order valence-corrected chi connectivity index (χ3v) is 5.15. The maximum Gasteiger partial charge on any atom is 0.436 e. The minimum absolute atomic E-state index is 0.0188. The monoisotopic (exact) mass is 439 g/mol. The first-order valence-corrected chi connectivity index (χ1v) is 8.54. The van der Waals surface area contributed by atoms with E-state index in [1.165, 1.54) is 6.92 Å². The summed E-state index contributed by atoms with van der Waals surface area (Å²) in [5, 5.41) is 4.50. The second-order valence-corrected chi connectivity index (χ2v) is 6.73. The predicted octanol–water partition coefficient (Wildman–Crippen LogP) is 3.29. The van der Waals surface area contributed by atoms with Crippen molar-refractivity contribution in [2.75, 3.05) is 19.5 Å². The zero-order chi connectivity index (χ0) is 21.4. The van der Waals surface area contributed by atoms with Gasteiger partial charge in [-0.1, -0.05) is 11.6 Å². The van der Waals surface area contributed by atoms with Crippen molar-refractivity contribution in [1.29, 1.82) is 0 Å². The predicted molar refractivity (Wildman–Crippen MR) is 92.9 cm³/mol. The smallest absolute Gasteiger partial charge is 0.436 e. The van der Waals surface area contributed by atoms with Gasteiger partial charge < -0.3 is 14.8 Å². The first-order chi connectivity index (χ1) is 12.9. The van der Waals surface area contributed by atoms with Crippen LogP contribution in [0.15, 0.2) is 0 Å². The highest BCUT2D eigenvalue weighted by atomic mass is 35.5. The van der Waals surface area contributed by atoms with Crippen molar-refractivity contribution in [3.8, 4) is 0 Å². The maximum atomic E-state index is 12.9. The highest BCUT2D eigenvalue weighted by Gasteiger charge is 2.40. The number of carbonyl (C=O) groups is 3. The van der Waals surface area contributed by atoms with E-state index in [1.54, 1.807) is 0 Å². The van der Waals surface area contributed by atoms with Gasteiger partial charge in [0, 0.05) is 7.05 Å². The molecule has 0 aliphatic carbocycles. The molecule has 2 aromatic heterocycles. The third kappa shape index (κ3) is 3.83. The molecule has 0 radical (unpaired) electrons. The number of halogens is 4. The summed E-state index contributed by atoms with van der Waals surface area (Å²) in [5.41, 5.74) is -1.94.